The first-order valence-corrected chi connectivity index (χ1v) is 9.00. The molecule has 1 aliphatic rings. The second kappa shape index (κ2) is 9.35. The highest BCUT2D eigenvalue weighted by Gasteiger charge is 2.16. The summed E-state index contributed by atoms with van der Waals surface area (Å²) in [7, 11) is 0. The van der Waals surface area contributed by atoms with Gasteiger partial charge in [0, 0.05) is 25.7 Å². The van der Waals surface area contributed by atoms with Crippen LogP contribution in [0.2, 0.25) is 0 Å². The lowest BCUT2D eigenvalue weighted by Crippen LogP contribution is -2.35. The molecule has 3 rings (SSSR count). The van der Waals surface area contributed by atoms with Crippen LogP contribution in [0.4, 0.5) is 0 Å². The largest absolute Gasteiger partial charge is 0.494 e. The molecule has 2 heterocycles. The van der Waals surface area contributed by atoms with Crippen LogP contribution in [0, 0.1) is 0 Å². The average molecular weight is 359 g/mol. The van der Waals surface area contributed by atoms with Crippen molar-refractivity contribution in [3.05, 3.63) is 47.3 Å². The molecule has 0 radical (unpaired) electrons. The van der Waals surface area contributed by atoms with E-state index >= 15 is 0 Å². The van der Waals surface area contributed by atoms with E-state index in [1.807, 2.05) is 31.2 Å². The van der Waals surface area contributed by atoms with Gasteiger partial charge in [0.2, 0.25) is 0 Å². The average Bonchev–Trinajstić information content (AvgIpc) is 3.13. The summed E-state index contributed by atoms with van der Waals surface area (Å²) in [6.07, 6.45) is 0.747. The van der Waals surface area contributed by atoms with E-state index in [1.54, 1.807) is 6.07 Å². The lowest BCUT2D eigenvalue weighted by Gasteiger charge is -2.25. The number of amides is 1. The number of nitrogens with one attached hydrogen (secondary N) is 1. The normalized spacial score (nSPS) is 15.0. The fourth-order valence-corrected chi connectivity index (χ4v) is 2.80. The number of hydrogen-bond acceptors (Lipinski definition) is 6. The second-order valence-electron chi connectivity index (χ2n) is 6.15. The molecule has 0 atom stereocenters. The first-order chi connectivity index (χ1) is 12.7. The van der Waals surface area contributed by atoms with Gasteiger partial charge < -0.3 is 19.3 Å². The van der Waals surface area contributed by atoms with Crippen LogP contribution in [0.1, 0.15) is 28.7 Å². The van der Waals surface area contributed by atoms with E-state index in [2.05, 4.69) is 15.4 Å². The molecule has 1 aromatic heterocycles. The Morgan fingerprint density at radius 3 is 2.77 bits per heavy atom. The maximum Gasteiger partial charge on any atom is 0.273 e. The number of ether oxygens (including phenoxy) is 2. The summed E-state index contributed by atoms with van der Waals surface area (Å²) >= 11 is 0. The maximum atomic E-state index is 12.2. The van der Waals surface area contributed by atoms with E-state index in [0.717, 1.165) is 44.0 Å². The van der Waals surface area contributed by atoms with Crippen LogP contribution in [0.25, 0.3) is 0 Å². The van der Waals surface area contributed by atoms with Crippen LogP contribution >= 0.6 is 0 Å². The lowest BCUT2D eigenvalue weighted by molar-refractivity contribution is 0.0305. The quantitative estimate of drug-likeness (QED) is 0.775. The van der Waals surface area contributed by atoms with Crippen molar-refractivity contribution in [2.45, 2.75) is 19.9 Å². The Hall–Kier alpha value is -2.38. The van der Waals surface area contributed by atoms with Gasteiger partial charge in [0.05, 0.1) is 26.4 Å². The van der Waals surface area contributed by atoms with Gasteiger partial charge in [0.25, 0.3) is 5.91 Å². The zero-order valence-corrected chi connectivity index (χ0v) is 15.1. The summed E-state index contributed by atoms with van der Waals surface area (Å²) in [5, 5.41) is 6.76. The monoisotopic (exact) mass is 359 g/mol. The van der Waals surface area contributed by atoms with Crippen molar-refractivity contribution in [3.63, 3.8) is 0 Å². The Bertz CT molecular complexity index is 693. The molecular weight excluding hydrogens is 334 g/mol. The fourth-order valence-electron chi connectivity index (χ4n) is 2.80. The summed E-state index contributed by atoms with van der Waals surface area (Å²) in [6, 6.07) is 9.61. The zero-order valence-electron chi connectivity index (χ0n) is 15.1. The molecule has 1 saturated heterocycles. The SMILES string of the molecule is CCOc1ccc(CCNC(=O)c2cc(CN3CCOCC3)on2)cc1. The summed E-state index contributed by atoms with van der Waals surface area (Å²) in [6.45, 7) is 6.99. The number of benzene rings is 1. The summed E-state index contributed by atoms with van der Waals surface area (Å²) in [5.41, 5.74) is 1.46. The molecule has 140 valence electrons. The Kier molecular flexibility index (Phi) is 6.62. The molecule has 0 aliphatic carbocycles. The van der Waals surface area contributed by atoms with Crippen molar-refractivity contribution < 1.29 is 18.8 Å². The minimum atomic E-state index is -0.215. The summed E-state index contributed by atoms with van der Waals surface area (Å²) < 4.78 is 16.0. The van der Waals surface area contributed by atoms with Crippen LogP contribution < -0.4 is 10.1 Å². The molecule has 1 fully saturated rings. The van der Waals surface area contributed by atoms with Gasteiger partial charge in [-0.25, -0.2) is 0 Å². The maximum absolute atomic E-state index is 12.2. The van der Waals surface area contributed by atoms with Crippen molar-refractivity contribution >= 4 is 5.91 Å². The molecule has 26 heavy (non-hydrogen) atoms. The van der Waals surface area contributed by atoms with Crippen LogP contribution in [-0.4, -0.2) is 55.4 Å². The highest BCUT2D eigenvalue weighted by atomic mass is 16.5. The van der Waals surface area contributed by atoms with Crippen LogP contribution in [-0.2, 0) is 17.7 Å². The Morgan fingerprint density at radius 1 is 1.27 bits per heavy atom. The van der Waals surface area contributed by atoms with E-state index < -0.39 is 0 Å². The molecule has 0 spiro atoms. The predicted molar refractivity (Wildman–Crippen MR) is 96.2 cm³/mol. The zero-order chi connectivity index (χ0) is 18.2. The van der Waals surface area contributed by atoms with Crippen molar-refractivity contribution in [1.29, 1.82) is 0 Å². The van der Waals surface area contributed by atoms with Gasteiger partial charge in [-0.05, 0) is 31.0 Å². The van der Waals surface area contributed by atoms with Gasteiger partial charge in [0.15, 0.2) is 11.5 Å². The van der Waals surface area contributed by atoms with Crippen LogP contribution in [0.15, 0.2) is 34.9 Å². The molecule has 2 aromatic rings. The number of carbonyl (C=O) groups excluding carboxylic acids is 1. The second-order valence-corrected chi connectivity index (χ2v) is 6.15. The van der Waals surface area contributed by atoms with Gasteiger partial charge in [-0.15, -0.1) is 0 Å². The van der Waals surface area contributed by atoms with Crippen molar-refractivity contribution in [1.82, 2.24) is 15.4 Å². The highest BCUT2D eigenvalue weighted by Crippen LogP contribution is 2.12. The lowest BCUT2D eigenvalue weighted by atomic mass is 10.1. The Labute approximate surface area is 153 Å². The molecular formula is C19H25N3O4. The first-order valence-electron chi connectivity index (χ1n) is 9.00. The Morgan fingerprint density at radius 2 is 2.04 bits per heavy atom. The standard InChI is InChI=1S/C19H25N3O4/c1-2-25-16-5-3-15(4-6-16)7-8-20-19(23)18-13-17(26-21-18)14-22-9-11-24-12-10-22/h3-6,13H,2,7-12,14H2,1H3,(H,20,23). The third-order valence-electron chi connectivity index (χ3n) is 4.21. The van der Waals surface area contributed by atoms with Crippen LogP contribution in [0.3, 0.4) is 0 Å². The number of nitrogens with zero attached hydrogens (tertiary/aromatic N) is 2. The number of aromatic nitrogens is 1. The van der Waals surface area contributed by atoms with Gasteiger partial charge in [0.1, 0.15) is 5.75 Å². The van der Waals surface area contributed by atoms with E-state index in [0.29, 0.717) is 31.2 Å². The number of rotatable bonds is 8. The molecule has 1 amide bonds. The van der Waals surface area contributed by atoms with Gasteiger partial charge in [-0.1, -0.05) is 17.3 Å². The smallest absolute Gasteiger partial charge is 0.273 e. The highest BCUT2D eigenvalue weighted by molar-refractivity contribution is 5.92. The predicted octanol–water partition coefficient (Wildman–Crippen LogP) is 1.88. The van der Waals surface area contributed by atoms with E-state index in [-0.39, 0.29) is 5.91 Å². The Balaban J connectivity index is 1.43. The number of carbonyl (C=O) groups is 1. The molecule has 1 aliphatic heterocycles. The molecule has 0 saturated carbocycles. The van der Waals surface area contributed by atoms with E-state index in [1.165, 1.54) is 0 Å². The molecule has 0 bridgehead atoms. The number of hydrogen-bond donors (Lipinski definition) is 1. The summed E-state index contributed by atoms with van der Waals surface area (Å²) in [4.78, 5) is 14.4. The molecule has 1 N–H and O–H groups in total. The first kappa shape index (κ1) is 18.4. The van der Waals surface area contributed by atoms with E-state index in [4.69, 9.17) is 14.0 Å². The van der Waals surface area contributed by atoms with Gasteiger partial charge >= 0.3 is 0 Å². The minimum Gasteiger partial charge on any atom is -0.494 e. The van der Waals surface area contributed by atoms with E-state index in [9.17, 15) is 4.79 Å². The molecule has 1 aromatic carbocycles. The molecule has 7 nitrogen and oxygen atoms in total. The third kappa shape index (κ3) is 5.31. The van der Waals surface area contributed by atoms with Crippen LogP contribution in [0.5, 0.6) is 5.75 Å². The van der Waals surface area contributed by atoms with Crippen molar-refractivity contribution in [2.75, 3.05) is 39.5 Å². The number of morpholine rings is 1. The van der Waals surface area contributed by atoms with Gasteiger partial charge in [-0.3, -0.25) is 9.69 Å². The van der Waals surface area contributed by atoms with Crippen molar-refractivity contribution in [3.8, 4) is 5.75 Å². The topological polar surface area (TPSA) is 76.8 Å². The fraction of sp³-hybridized carbons (Fsp3) is 0.474. The minimum absolute atomic E-state index is 0.215. The van der Waals surface area contributed by atoms with Crippen molar-refractivity contribution in [2.24, 2.45) is 0 Å². The molecule has 0 unspecified atom stereocenters. The summed E-state index contributed by atoms with van der Waals surface area (Å²) in [5.74, 6) is 1.34. The third-order valence-corrected chi connectivity index (χ3v) is 4.21. The van der Waals surface area contributed by atoms with Gasteiger partial charge in [-0.2, -0.15) is 0 Å². The molecule has 7 heteroatoms.